The zero-order valence-electron chi connectivity index (χ0n) is 7.20. The summed E-state index contributed by atoms with van der Waals surface area (Å²) >= 11 is 2.87. The van der Waals surface area contributed by atoms with Crippen LogP contribution in [0.15, 0.2) is 18.5 Å². The van der Waals surface area contributed by atoms with Crippen molar-refractivity contribution in [2.24, 2.45) is 0 Å². The van der Waals surface area contributed by atoms with Crippen LogP contribution in [0.5, 0.6) is 0 Å². The molecular weight excluding hydrogens is 318 g/mol. The third-order valence-electron chi connectivity index (χ3n) is 1.90. The fraction of sp³-hybridized carbons (Fsp3) is 0.125. The monoisotopic (exact) mass is 324 g/mol. The summed E-state index contributed by atoms with van der Waals surface area (Å²) in [5.41, 5.74) is 1.44. The van der Waals surface area contributed by atoms with E-state index in [2.05, 4.69) is 4.98 Å². The molecule has 2 aromatic rings. The Hall–Kier alpha value is -0.340. The molecule has 0 aromatic carbocycles. The predicted octanol–water partition coefficient (Wildman–Crippen LogP) is 3.26. The average molecular weight is 324 g/mol. The molecule has 0 aliphatic heterocycles. The van der Waals surface area contributed by atoms with E-state index in [1.807, 2.05) is 6.92 Å². The fourth-order valence-corrected chi connectivity index (χ4v) is 2.34. The van der Waals surface area contributed by atoms with Gasteiger partial charge in [0.15, 0.2) is 5.65 Å². The summed E-state index contributed by atoms with van der Waals surface area (Å²) in [6.07, 6.45) is 3.24. The maximum Gasteiger partial charge on any atom is 0.154 e. The third kappa shape index (κ3) is 1.61. The molecule has 3 nitrogen and oxygen atoms in total. The molecule has 74 valence electrons. The molecule has 6 heteroatoms. The predicted molar refractivity (Wildman–Crippen MR) is 62.5 cm³/mol. The van der Waals surface area contributed by atoms with Gasteiger partial charge in [0.1, 0.15) is 41.1 Å². The van der Waals surface area contributed by atoms with Gasteiger partial charge in [-0.3, -0.25) is 3.97 Å². The van der Waals surface area contributed by atoms with E-state index in [9.17, 15) is 4.39 Å². The van der Waals surface area contributed by atoms with Gasteiger partial charge in [-0.2, -0.15) is 0 Å². The molecule has 0 saturated carbocycles. The van der Waals surface area contributed by atoms with Crippen LogP contribution in [0.1, 0.15) is 5.56 Å². The van der Waals surface area contributed by atoms with Gasteiger partial charge in [0, 0.05) is 12.4 Å². The number of hydrogen-bond acceptors (Lipinski definition) is 3. The summed E-state index contributed by atoms with van der Waals surface area (Å²) < 4.78 is 20.0. The number of pyridine rings is 1. The molecule has 0 unspecified atom stereocenters. The van der Waals surface area contributed by atoms with Gasteiger partial charge in [0.05, 0.1) is 5.39 Å². The first-order chi connectivity index (χ1) is 6.74. The Morgan fingerprint density at radius 1 is 1.64 bits per heavy atom. The summed E-state index contributed by atoms with van der Waals surface area (Å²) in [5.74, 6) is -0.250. The van der Waals surface area contributed by atoms with Crippen molar-refractivity contribution in [3.63, 3.8) is 0 Å². The Morgan fingerprint density at radius 2 is 2.43 bits per heavy atom. The average Bonchev–Trinajstić information content (AvgIpc) is 2.46. The molecule has 0 N–H and O–H groups in total. The lowest BCUT2D eigenvalue weighted by Crippen LogP contribution is -1.86. The molecule has 2 rings (SSSR count). The second kappa shape index (κ2) is 4.03. The smallest absolute Gasteiger partial charge is 0.154 e. The van der Waals surface area contributed by atoms with Crippen molar-refractivity contribution < 1.29 is 6.90 Å². The number of fused-ring (bicyclic) bond motifs is 1. The van der Waals surface area contributed by atoms with Crippen molar-refractivity contribution in [1.82, 2.24) is 8.96 Å². The van der Waals surface area contributed by atoms with E-state index in [1.54, 1.807) is 33.2 Å². The van der Waals surface area contributed by atoms with Gasteiger partial charge in [0.25, 0.3) is 0 Å². The van der Waals surface area contributed by atoms with Crippen molar-refractivity contribution in [3.05, 3.63) is 29.8 Å². The zero-order valence-corrected chi connectivity index (χ0v) is 10.2. The van der Waals surface area contributed by atoms with Crippen molar-refractivity contribution in [2.75, 3.05) is 0 Å². The van der Waals surface area contributed by atoms with Crippen LogP contribution in [0.2, 0.25) is 0 Å². The molecule has 14 heavy (non-hydrogen) atoms. The Morgan fingerprint density at radius 3 is 3.14 bits per heavy atom. The molecule has 0 saturated heterocycles. The second-order valence-electron chi connectivity index (χ2n) is 2.77. The molecule has 0 aliphatic carbocycles. The van der Waals surface area contributed by atoms with Crippen molar-refractivity contribution in [3.8, 4) is 0 Å². The Bertz CT molecular complexity index is 474. The number of nitrogens with zero attached hydrogens (tertiary/aromatic N) is 2. The largest absolute Gasteiger partial charge is 0.250 e. The quantitative estimate of drug-likeness (QED) is 0.627. The SMILES string of the molecule is Cc1cn(SOI)c2nccc(F)c12. The number of hydrogen-bond donors (Lipinski definition) is 0. The second-order valence-corrected chi connectivity index (χ2v) is 4.51. The van der Waals surface area contributed by atoms with Crippen LogP contribution in [-0.2, 0) is 2.51 Å². The number of halogens is 2. The first-order valence-electron chi connectivity index (χ1n) is 3.82. The van der Waals surface area contributed by atoms with Gasteiger partial charge in [-0.05, 0) is 18.6 Å². The fourth-order valence-electron chi connectivity index (χ4n) is 1.35. The molecule has 0 amide bonds. The summed E-state index contributed by atoms with van der Waals surface area (Å²) in [6.45, 7) is 1.84. The van der Waals surface area contributed by atoms with Crippen molar-refractivity contribution in [1.29, 1.82) is 0 Å². The van der Waals surface area contributed by atoms with Gasteiger partial charge < -0.3 is 0 Å². The lowest BCUT2D eigenvalue weighted by Gasteiger charge is -1.97. The van der Waals surface area contributed by atoms with Crippen LogP contribution in [0.25, 0.3) is 11.0 Å². The van der Waals surface area contributed by atoms with Crippen LogP contribution in [0, 0.1) is 12.7 Å². The Balaban J connectivity index is 2.71. The number of aromatic nitrogens is 2. The van der Waals surface area contributed by atoms with E-state index in [0.29, 0.717) is 11.0 Å². The maximum absolute atomic E-state index is 13.4. The van der Waals surface area contributed by atoms with E-state index >= 15 is 0 Å². The summed E-state index contributed by atoms with van der Waals surface area (Å²) in [7, 11) is 0. The molecule has 0 spiro atoms. The first kappa shape index (κ1) is 10.2. The van der Waals surface area contributed by atoms with Crippen LogP contribution < -0.4 is 0 Å². The molecule has 2 aromatic heterocycles. The highest BCUT2D eigenvalue weighted by molar-refractivity contribution is 14.1. The van der Waals surface area contributed by atoms with E-state index < -0.39 is 0 Å². The van der Waals surface area contributed by atoms with E-state index in [0.717, 1.165) is 17.8 Å². The van der Waals surface area contributed by atoms with Crippen LogP contribution in [-0.4, -0.2) is 8.96 Å². The third-order valence-corrected chi connectivity index (χ3v) is 2.88. The Kier molecular flexibility index (Phi) is 2.93. The summed E-state index contributed by atoms with van der Waals surface area (Å²) in [4.78, 5) is 4.10. The first-order valence-corrected chi connectivity index (χ1v) is 5.40. The summed E-state index contributed by atoms with van der Waals surface area (Å²) in [5, 5.41) is 0.549. The lowest BCUT2D eigenvalue weighted by molar-refractivity contribution is 0.638. The molecular formula is C8H6FIN2OS. The number of aryl methyl sites for hydroxylation is 1. The molecule has 0 atom stereocenters. The highest BCUT2D eigenvalue weighted by atomic mass is 127. The van der Waals surface area contributed by atoms with Gasteiger partial charge in [-0.25, -0.2) is 11.9 Å². The molecule has 2 heterocycles. The molecule has 0 fully saturated rings. The topological polar surface area (TPSA) is 27.1 Å². The lowest BCUT2D eigenvalue weighted by atomic mass is 10.2. The van der Waals surface area contributed by atoms with Gasteiger partial charge >= 0.3 is 0 Å². The summed E-state index contributed by atoms with van der Waals surface area (Å²) in [6, 6.07) is 1.36. The number of rotatable bonds is 2. The minimum absolute atomic E-state index is 0.250. The van der Waals surface area contributed by atoms with Gasteiger partial charge in [-0.1, -0.05) is 0 Å². The van der Waals surface area contributed by atoms with Gasteiger partial charge in [0.2, 0.25) is 0 Å². The van der Waals surface area contributed by atoms with E-state index in [4.69, 9.17) is 2.51 Å². The molecule has 0 aliphatic rings. The molecule has 0 bridgehead atoms. The minimum Gasteiger partial charge on any atom is -0.250 e. The highest BCUT2D eigenvalue weighted by Crippen LogP contribution is 2.26. The molecule has 0 radical (unpaired) electrons. The normalized spacial score (nSPS) is 11.1. The van der Waals surface area contributed by atoms with Crippen LogP contribution in [0.4, 0.5) is 4.39 Å². The minimum atomic E-state index is -0.250. The highest BCUT2D eigenvalue weighted by Gasteiger charge is 2.11. The van der Waals surface area contributed by atoms with E-state index in [-0.39, 0.29) is 5.82 Å². The van der Waals surface area contributed by atoms with Crippen LogP contribution >= 0.6 is 35.2 Å². The van der Waals surface area contributed by atoms with Crippen LogP contribution in [0.3, 0.4) is 0 Å². The Labute approximate surface area is 98.7 Å². The van der Waals surface area contributed by atoms with E-state index in [1.165, 1.54) is 12.3 Å². The van der Waals surface area contributed by atoms with Gasteiger partial charge in [-0.15, -0.1) is 0 Å². The maximum atomic E-state index is 13.4. The standard InChI is InChI=1S/C8H6FIN2OS/c1-5-4-12(14-13-10)8-7(5)6(9)2-3-11-8/h2-4H,1H3. The van der Waals surface area contributed by atoms with Crippen molar-refractivity contribution in [2.45, 2.75) is 6.92 Å². The zero-order chi connectivity index (χ0) is 10.1. The van der Waals surface area contributed by atoms with Crippen molar-refractivity contribution >= 4 is 46.3 Å².